The van der Waals surface area contributed by atoms with Crippen LogP contribution in [-0.2, 0) is 4.74 Å². The SMILES string of the molecule is Fc1cccc(C2CN(c3ccccn3)CCO2)c1. The van der Waals surface area contributed by atoms with Crippen molar-refractivity contribution in [1.29, 1.82) is 0 Å². The average Bonchev–Trinajstić information content (AvgIpc) is 2.48. The van der Waals surface area contributed by atoms with E-state index in [2.05, 4.69) is 9.88 Å². The molecule has 1 aromatic carbocycles. The van der Waals surface area contributed by atoms with Crippen molar-refractivity contribution in [2.24, 2.45) is 0 Å². The Morgan fingerprint density at radius 3 is 2.95 bits per heavy atom. The van der Waals surface area contributed by atoms with Crippen LogP contribution in [0.4, 0.5) is 10.2 Å². The van der Waals surface area contributed by atoms with Crippen LogP contribution in [0.5, 0.6) is 0 Å². The Bertz CT molecular complexity index is 547. The summed E-state index contributed by atoms with van der Waals surface area (Å²) in [6, 6.07) is 12.4. The van der Waals surface area contributed by atoms with Crippen LogP contribution in [0, 0.1) is 5.82 Å². The molecule has 98 valence electrons. The van der Waals surface area contributed by atoms with Crippen LogP contribution >= 0.6 is 0 Å². The fraction of sp³-hybridized carbons (Fsp3) is 0.267. The Kier molecular flexibility index (Phi) is 3.42. The molecule has 1 fully saturated rings. The Labute approximate surface area is 111 Å². The maximum absolute atomic E-state index is 13.3. The lowest BCUT2D eigenvalue weighted by molar-refractivity contribution is 0.0393. The van der Waals surface area contributed by atoms with Crippen LogP contribution in [0.15, 0.2) is 48.7 Å². The second kappa shape index (κ2) is 5.36. The molecule has 1 aliphatic heterocycles. The fourth-order valence-corrected chi connectivity index (χ4v) is 2.31. The van der Waals surface area contributed by atoms with Gasteiger partial charge in [-0.25, -0.2) is 9.37 Å². The molecule has 2 heterocycles. The maximum atomic E-state index is 13.3. The van der Waals surface area contributed by atoms with Crippen molar-refractivity contribution in [2.75, 3.05) is 24.6 Å². The van der Waals surface area contributed by atoms with Gasteiger partial charge in [0.2, 0.25) is 0 Å². The van der Waals surface area contributed by atoms with E-state index in [9.17, 15) is 4.39 Å². The minimum atomic E-state index is -0.226. The molecule has 1 saturated heterocycles. The number of benzene rings is 1. The summed E-state index contributed by atoms with van der Waals surface area (Å²) in [6.45, 7) is 2.13. The number of rotatable bonds is 2. The molecule has 0 bridgehead atoms. The molecule has 3 nitrogen and oxygen atoms in total. The van der Waals surface area contributed by atoms with E-state index in [-0.39, 0.29) is 11.9 Å². The average molecular weight is 258 g/mol. The summed E-state index contributed by atoms with van der Waals surface area (Å²) in [5, 5.41) is 0. The molecule has 1 aromatic heterocycles. The molecule has 3 rings (SSSR count). The summed E-state index contributed by atoms with van der Waals surface area (Å²) in [6.07, 6.45) is 1.67. The highest BCUT2D eigenvalue weighted by molar-refractivity contribution is 5.39. The summed E-state index contributed by atoms with van der Waals surface area (Å²) >= 11 is 0. The van der Waals surface area contributed by atoms with E-state index >= 15 is 0 Å². The van der Waals surface area contributed by atoms with Crippen molar-refractivity contribution < 1.29 is 9.13 Å². The zero-order valence-electron chi connectivity index (χ0n) is 10.5. The quantitative estimate of drug-likeness (QED) is 0.828. The highest BCUT2D eigenvalue weighted by Gasteiger charge is 2.22. The maximum Gasteiger partial charge on any atom is 0.128 e. The van der Waals surface area contributed by atoms with Gasteiger partial charge in [0.1, 0.15) is 17.7 Å². The summed E-state index contributed by atoms with van der Waals surface area (Å²) < 4.78 is 19.0. The first-order valence-electron chi connectivity index (χ1n) is 6.36. The van der Waals surface area contributed by atoms with E-state index in [1.54, 1.807) is 12.3 Å². The van der Waals surface area contributed by atoms with Gasteiger partial charge in [-0.1, -0.05) is 18.2 Å². The predicted molar refractivity (Wildman–Crippen MR) is 71.5 cm³/mol. The predicted octanol–water partition coefficient (Wildman–Crippen LogP) is 2.80. The molecule has 1 atom stereocenters. The number of anilines is 1. The second-order valence-electron chi connectivity index (χ2n) is 4.55. The van der Waals surface area contributed by atoms with Crippen LogP contribution in [0.3, 0.4) is 0 Å². The van der Waals surface area contributed by atoms with E-state index in [4.69, 9.17) is 4.74 Å². The van der Waals surface area contributed by atoms with Gasteiger partial charge in [0, 0.05) is 19.3 Å². The van der Waals surface area contributed by atoms with Crippen molar-refractivity contribution in [1.82, 2.24) is 4.98 Å². The first-order valence-corrected chi connectivity index (χ1v) is 6.36. The molecule has 1 aliphatic rings. The summed E-state index contributed by atoms with van der Waals surface area (Å²) in [5.41, 5.74) is 0.876. The van der Waals surface area contributed by atoms with Crippen molar-refractivity contribution >= 4 is 5.82 Å². The largest absolute Gasteiger partial charge is 0.370 e. The van der Waals surface area contributed by atoms with Gasteiger partial charge in [-0.05, 0) is 29.8 Å². The lowest BCUT2D eigenvalue weighted by Crippen LogP contribution is -2.38. The molecule has 4 heteroatoms. The number of pyridine rings is 1. The minimum absolute atomic E-state index is 0.105. The van der Waals surface area contributed by atoms with Crippen LogP contribution in [0.25, 0.3) is 0 Å². The number of ether oxygens (including phenoxy) is 1. The number of nitrogens with zero attached hydrogens (tertiary/aromatic N) is 2. The molecule has 0 aliphatic carbocycles. The summed E-state index contributed by atoms with van der Waals surface area (Å²) in [4.78, 5) is 6.51. The van der Waals surface area contributed by atoms with Gasteiger partial charge < -0.3 is 9.64 Å². The minimum Gasteiger partial charge on any atom is -0.370 e. The third-order valence-electron chi connectivity index (χ3n) is 3.26. The Hall–Kier alpha value is -1.94. The zero-order valence-corrected chi connectivity index (χ0v) is 10.5. The van der Waals surface area contributed by atoms with Gasteiger partial charge in [0.15, 0.2) is 0 Å². The summed E-state index contributed by atoms with van der Waals surface area (Å²) in [7, 11) is 0. The highest BCUT2D eigenvalue weighted by atomic mass is 19.1. The Morgan fingerprint density at radius 1 is 1.21 bits per heavy atom. The molecule has 19 heavy (non-hydrogen) atoms. The Balaban J connectivity index is 1.78. The van der Waals surface area contributed by atoms with E-state index in [0.29, 0.717) is 13.2 Å². The van der Waals surface area contributed by atoms with Crippen LogP contribution in [-0.4, -0.2) is 24.7 Å². The Morgan fingerprint density at radius 2 is 2.16 bits per heavy atom. The molecule has 0 saturated carbocycles. The van der Waals surface area contributed by atoms with Gasteiger partial charge >= 0.3 is 0 Å². The monoisotopic (exact) mass is 258 g/mol. The third-order valence-corrected chi connectivity index (χ3v) is 3.26. The first kappa shape index (κ1) is 12.1. The topological polar surface area (TPSA) is 25.4 Å². The van der Waals surface area contributed by atoms with Crippen molar-refractivity contribution in [2.45, 2.75) is 6.10 Å². The fourth-order valence-electron chi connectivity index (χ4n) is 2.31. The molecule has 2 aromatic rings. The molecule has 1 unspecified atom stereocenters. The van der Waals surface area contributed by atoms with Gasteiger partial charge in [-0.3, -0.25) is 0 Å². The third kappa shape index (κ3) is 2.74. The normalized spacial score (nSPS) is 19.4. The number of aromatic nitrogens is 1. The van der Waals surface area contributed by atoms with E-state index in [0.717, 1.165) is 17.9 Å². The lowest BCUT2D eigenvalue weighted by Gasteiger charge is -2.33. The molecular formula is C15H15FN2O. The van der Waals surface area contributed by atoms with Gasteiger partial charge in [0.25, 0.3) is 0 Å². The van der Waals surface area contributed by atoms with Crippen LogP contribution in [0.2, 0.25) is 0 Å². The van der Waals surface area contributed by atoms with Gasteiger partial charge in [-0.2, -0.15) is 0 Å². The van der Waals surface area contributed by atoms with E-state index in [1.165, 1.54) is 12.1 Å². The highest BCUT2D eigenvalue weighted by Crippen LogP contribution is 2.25. The molecule has 0 amide bonds. The molecule has 0 N–H and O–H groups in total. The number of hydrogen-bond acceptors (Lipinski definition) is 3. The molecule has 0 radical (unpaired) electrons. The van der Waals surface area contributed by atoms with E-state index < -0.39 is 0 Å². The first-order chi connectivity index (χ1) is 9.33. The second-order valence-corrected chi connectivity index (χ2v) is 4.55. The van der Waals surface area contributed by atoms with Crippen molar-refractivity contribution in [3.05, 3.63) is 60.0 Å². The zero-order chi connectivity index (χ0) is 13.1. The molecular weight excluding hydrogens is 243 g/mol. The van der Waals surface area contributed by atoms with Crippen LogP contribution < -0.4 is 4.90 Å². The molecule has 0 spiro atoms. The van der Waals surface area contributed by atoms with E-state index in [1.807, 2.05) is 24.3 Å². The smallest absolute Gasteiger partial charge is 0.128 e. The van der Waals surface area contributed by atoms with Gasteiger partial charge in [0.05, 0.1) is 6.61 Å². The van der Waals surface area contributed by atoms with Crippen molar-refractivity contribution in [3.8, 4) is 0 Å². The van der Waals surface area contributed by atoms with Gasteiger partial charge in [-0.15, -0.1) is 0 Å². The van der Waals surface area contributed by atoms with Crippen molar-refractivity contribution in [3.63, 3.8) is 0 Å². The number of morpholine rings is 1. The standard InChI is InChI=1S/C15H15FN2O/c16-13-5-3-4-12(10-13)14-11-18(8-9-19-14)15-6-1-2-7-17-15/h1-7,10,14H,8-9,11H2. The summed E-state index contributed by atoms with van der Waals surface area (Å²) in [5.74, 6) is 0.711. The number of halogens is 1. The lowest BCUT2D eigenvalue weighted by atomic mass is 10.1. The van der Waals surface area contributed by atoms with Crippen LogP contribution in [0.1, 0.15) is 11.7 Å². The number of hydrogen-bond donors (Lipinski definition) is 0.